The Hall–Kier alpha value is -2.86. The molecule has 2 heterocycles. The van der Waals surface area contributed by atoms with Crippen LogP contribution in [0.15, 0.2) is 54.6 Å². The third-order valence-electron chi connectivity index (χ3n) is 6.27. The minimum atomic E-state index is -0.0632. The number of piperidine rings is 1. The summed E-state index contributed by atoms with van der Waals surface area (Å²) < 4.78 is 0. The molecular weight excluding hydrogens is 388 g/mol. The molecule has 2 N–H and O–H groups in total. The molecule has 0 bridgehead atoms. The van der Waals surface area contributed by atoms with Crippen LogP contribution in [-0.4, -0.2) is 61.0 Å². The van der Waals surface area contributed by atoms with Crippen LogP contribution >= 0.6 is 0 Å². The van der Waals surface area contributed by atoms with Gasteiger partial charge in [-0.3, -0.25) is 4.79 Å². The summed E-state index contributed by atoms with van der Waals surface area (Å²) in [6, 6.07) is 17.4. The van der Waals surface area contributed by atoms with Crippen LogP contribution in [0, 0.1) is 0 Å². The van der Waals surface area contributed by atoms with Gasteiger partial charge in [0, 0.05) is 43.3 Å². The number of hydrogen-bond donors (Lipinski definition) is 2. The molecule has 0 aliphatic carbocycles. The van der Waals surface area contributed by atoms with Crippen LogP contribution in [0.3, 0.4) is 0 Å². The van der Waals surface area contributed by atoms with Crippen molar-refractivity contribution in [2.75, 3.05) is 44.6 Å². The lowest BCUT2D eigenvalue weighted by Gasteiger charge is -2.33. The maximum absolute atomic E-state index is 12.7. The normalized spacial score (nSPS) is 19.2. The molecule has 0 spiro atoms. The van der Waals surface area contributed by atoms with Gasteiger partial charge in [0.15, 0.2) is 0 Å². The molecule has 6 heteroatoms. The van der Waals surface area contributed by atoms with Gasteiger partial charge in [0.05, 0.1) is 0 Å². The minimum Gasteiger partial charge on any atom is -0.351 e. The van der Waals surface area contributed by atoms with E-state index in [2.05, 4.69) is 21.6 Å². The summed E-state index contributed by atoms with van der Waals surface area (Å²) in [5.41, 5.74) is 2.64. The number of nitrogens with zero attached hydrogens (tertiary/aromatic N) is 2. The van der Waals surface area contributed by atoms with Crippen molar-refractivity contribution in [1.82, 2.24) is 15.1 Å². The lowest BCUT2D eigenvalue weighted by molar-refractivity contribution is 0.0949. The number of hydrogen-bond acceptors (Lipinski definition) is 3. The first kappa shape index (κ1) is 21.4. The Morgan fingerprint density at radius 3 is 2.55 bits per heavy atom. The fourth-order valence-corrected chi connectivity index (χ4v) is 4.53. The minimum absolute atomic E-state index is 0.0180. The molecule has 0 aromatic heterocycles. The first-order valence-corrected chi connectivity index (χ1v) is 11.4. The molecule has 2 aromatic rings. The molecule has 6 nitrogen and oxygen atoms in total. The SMILES string of the molecule is O=C(NCCN1CCCC1)c1cccc(C2CCCN(C(=O)Nc3ccccc3)C2)c1. The van der Waals surface area contributed by atoms with E-state index in [1.165, 1.54) is 12.8 Å². The van der Waals surface area contributed by atoms with Crippen LogP contribution in [0.1, 0.15) is 47.5 Å². The van der Waals surface area contributed by atoms with Gasteiger partial charge in [0.1, 0.15) is 0 Å². The van der Waals surface area contributed by atoms with Gasteiger partial charge in [-0.15, -0.1) is 0 Å². The Labute approximate surface area is 184 Å². The van der Waals surface area contributed by atoms with E-state index in [0.29, 0.717) is 18.7 Å². The average molecular weight is 421 g/mol. The molecule has 164 valence electrons. The molecule has 2 aromatic carbocycles. The molecule has 1 unspecified atom stereocenters. The third-order valence-corrected chi connectivity index (χ3v) is 6.27. The largest absolute Gasteiger partial charge is 0.351 e. The van der Waals surface area contributed by atoms with Crippen molar-refractivity contribution >= 4 is 17.6 Å². The van der Waals surface area contributed by atoms with Crippen molar-refractivity contribution in [1.29, 1.82) is 0 Å². The smallest absolute Gasteiger partial charge is 0.321 e. The second-order valence-corrected chi connectivity index (χ2v) is 8.51. The number of benzene rings is 2. The number of urea groups is 1. The molecule has 3 amide bonds. The van der Waals surface area contributed by atoms with Gasteiger partial charge >= 0.3 is 6.03 Å². The number of carbonyl (C=O) groups is 2. The number of anilines is 1. The Bertz CT molecular complexity index is 880. The summed E-state index contributed by atoms with van der Waals surface area (Å²) in [5, 5.41) is 6.03. The van der Waals surface area contributed by atoms with Gasteiger partial charge in [-0.25, -0.2) is 4.79 Å². The zero-order valence-electron chi connectivity index (χ0n) is 18.1. The van der Waals surface area contributed by atoms with Crippen molar-refractivity contribution in [2.24, 2.45) is 0 Å². The highest BCUT2D eigenvalue weighted by molar-refractivity contribution is 5.94. The van der Waals surface area contributed by atoms with Crippen molar-refractivity contribution in [3.8, 4) is 0 Å². The number of nitrogens with one attached hydrogen (secondary N) is 2. The molecule has 0 saturated carbocycles. The van der Waals surface area contributed by atoms with E-state index in [-0.39, 0.29) is 17.9 Å². The van der Waals surface area contributed by atoms with E-state index in [1.807, 2.05) is 53.4 Å². The topological polar surface area (TPSA) is 64.7 Å². The summed E-state index contributed by atoms with van der Waals surface area (Å²) in [4.78, 5) is 29.6. The van der Waals surface area contributed by atoms with Crippen molar-refractivity contribution in [2.45, 2.75) is 31.6 Å². The van der Waals surface area contributed by atoms with E-state index < -0.39 is 0 Å². The predicted molar refractivity (Wildman–Crippen MR) is 123 cm³/mol. The van der Waals surface area contributed by atoms with Crippen LogP contribution in [0.25, 0.3) is 0 Å². The summed E-state index contributed by atoms with van der Waals surface area (Å²) in [6.45, 7) is 5.30. The van der Waals surface area contributed by atoms with Gasteiger partial charge in [-0.1, -0.05) is 30.3 Å². The lowest BCUT2D eigenvalue weighted by atomic mass is 9.89. The van der Waals surface area contributed by atoms with E-state index in [4.69, 9.17) is 0 Å². The first-order chi connectivity index (χ1) is 15.2. The van der Waals surface area contributed by atoms with Gasteiger partial charge in [-0.2, -0.15) is 0 Å². The lowest BCUT2D eigenvalue weighted by Crippen LogP contribution is -2.41. The molecule has 2 saturated heterocycles. The monoisotopic (exact) mass is 420 g/mol. The highest BCUT2D eigenvalue weighted by Gasteiger charge is 2.25. The Balaban J connectivity index is 1.33. The first-order valence-electron chi connectivity index (χ1n) is 11.4. The van der Waals surface area contributed by atoms with Crippen LogP contribution in [0.5, 0.6) is 0 Å². The summed E-state index contributed by atoms with van der Waals surface area (Å²) in [7, 11) is 0. The van der Waals surface area contributed by atoms with Gasteiger partial charge in [-0.05, 0) is 68.6 Å². The van der Waals surface area contributed by atoms with Crippen molar-refractivity contribution in [3.63, 3.8) is 0 Å². The molecule has 2 aliphatic rings. The second kappa shape index (κ2) is 10.4. The van der Waals surface area contributed by atoms with E-state index in [9.17, 15) is 9.59 Å². The molecule has 1 atom stereocenters. The summed E-state index contributed by atoms with van der Waals surface area (Å²) in [5.74, 6) is 0.225. The van der Waals surface area contributed by atoms with Gasteiger partial charge in [0.2, 0.25) is 0 Å². The molecule has 2 aliphatic heterocycles. The van der Waals surface area contributed by atoms with E-state index >= 15 is 0 Å². The van der Waals surface area contributed by atoms with Crippen molar-refractivity contribution in [3.05, 3.63) is 65.7 Å². The zero-order valence-corrected chi connectivity index (χ0v) is 18.1. The van der Waals surface area contributed by atoms with Crippen LogP contribution < -0.4 is 10.6 Å². The number of likely N-dealkylation sites (tertiary alicyclic amines) is 2. The number of amides is 3. The number of para-hydroxylation sites is 1. The molecule has 4 rings (SSSR count). The Kier molecular flexibility index (Phi) is 7.20. The van der Waals surface area contributed by atoms with Gasteiger partial charge in [0.25, 0.3) is 5.91 Å². The predicted octanol–water partition coefficient (Wildman–Crippen LogP) is 3.92. The second-order valence-electron chi connectivity index (χ2n) is 8.51. The number of rotatable bonds is 6. The summed E-state index contributed by atoms with van der Waals surface area (Å²) >= 11 is 0. The van der Waals surface area contributed by atoms with Crippen LogP contribution in [0.2, 0.25) is 0 Å². The average Bonchev–Trinajstić information content (AvgIpc) is 3.33. The fourth-order valence-electron chi connectivity index (χ4n) is 4.53. The van der Waals surface area contributed by atoms with Crippen molar-refractivity contribution < 1.29 is 9.59 Å². The quantitative estimate of drug-likeness (QED) is 0.744. The van der Waals surface area contributed by atoms with Crippen LogP contribution in [0.4, 0.5) is 10.5 Å². The maximum atomic E-state index is 12.7. The standard InChI is InChI=1S/C25H32N4O2/c30-24(26-13-17-28-14-4-5-15-28)21-9-6-8-20(18-21)22-10-7-16-29(19-22)25(31)27-23-11-2-1-3-12-23/h1-3,6,8-9,11-12,18,22H,4-5,7,10,13-17,19H2,(H,26,30)(H,27,31). The highest BCUT2D eigenvalue weighted by Crippen LogP contribution is 2.28. The van der Waals surface area contributed by atoms with E-state index in [0.717, 1.165) is 50.3 Å². The Morgan fingerprint density at radius 2 is 1.74 bits per heavy atom. The fraction of sp³-hybridized carbons (Fsp3) is 0.440. The third kappa shape index (κ3) is 5.85. The molecule has 31 heavy (non-hydrogen) atoms. The maximum Gasteiger partial charge on any atom is 0.321 e. The molecule has 0 radical (unpaired) electrons. The zero-order chi connectivity index (χ0) is 21.5. The number of carbonyl (C=O) groups excluding carboxylic acids is 2. The highest BCUT2D eigenvalue weighted by atomic mass is 16.2. The molecular formula is C25H32N4O2. The van der Waals surface area contributed by atoms with E-state index in [1.54, 1.807) is 0 Å². The van der Waals surface area contributed by atoms with Crippen LogP contribution in [-0.2, 0) is 0 Å². The Morgan fingerprint density at radius 1 is 0.935 bits per heavy atom. The molecule has 2 fully saturated rings. The summed E-state index contributed by atoms with van der Waals surface area (Å²) in [6.07, 6.45) is 4.50. The van der Waals surface area contributed by atoms with Gasteiger partial charge < -0.3 is 20.4 Å².